The normalized spacial score (nSPS) is 18.1. The molecule has 3 amide bonds. The molecule has 1 fully saturated rings. The number of hydrogen-bond acceptors (Lipinski definition) is 4. The Morgan fingerprint density at radius 1 is 1.10 bits per heavy atom. The van der Waals surface area contributed by atoms with E-state index in [-0.39, 0.29) is 24.2 Å². The van der Waals surface area contributed by atoms with Crippen LogP contribution in [0.5, 0.6) is 0 Å². The molecule has 0 radical (unpaired) electrons. The molecule has 8 heteroatoms. The molecular formula is C22H24FN3O4. The van der Waals surface area contributed by atoms with E-state index in [1.165, 1.54) is 24.0 Å². The van der Waals surface area contributed by atoms with E-state index in [1.807, 2.05) is 6.92 Å². The molecule has 2 aromatic rings. The van der Waals surface area contributed by atoms with Crippen LogP contribution in [-0.2, 0) is 20.9 Å². The number of carbonyl (C=O) groups excluding carboxylic acids is 3. The van der Waals surface area contributed by atoms with Crippen LogP contribution in [0.3, 0.4) is 0 Å². The number of carbonyl (C=O) groups is 3. The molecule has 1 heterocycles. The van der Waals surface area contributed by atoms with Gasteiger partial charge in [-0.25, -0.2) is 9.18 Å². The summed E-state index contributed by atoms with van der Waals surface area (Å²) in [6.45, 7) is 3.94. The van der Waals surface area contributed by atoms with Crippen molar-refractivity contribution < 1.29 is 23.5 Å². The summed E-state index contributed by atoms with van der Waals surface area (Å²) in [5.41, 5.74) is 1.92. The number of hydrogen-bond donors (Lipinski definition) is 2. The molecule has 30 heavy (non-hydrogen) atoms. The molecule has 2 atom stereocenters. The summed E-state index contributed by atoms with van der Waals surface area (Å²) in [5, 5.41) is 5.50. The number of ether oxygens (including phenoxy) is 1. The van der Waals surface area contributed by atoms with Crippen LogP contribution in [0, 0.1) is 5.82 Å². The smallest absolute Gasteiger partial charge is 0.411 e. The zero-order valence-electron chi connectivity index (χ0n) is 16.9. The lowest BCUT2D eigenvalue weighted by Crippen LogP contribution is -2.46. The van der Waals surface area contributed by atoms with Gasteiger partial charge in [0, 0.05) is 19.2 Å². The minimum absolute atomic E-state index is 0.115. The average molecular weight is 413 g/mol. The van der Waals surface area contributed by atoms with Crippen molar-refractivity contribution >= 4 is 23.6 Å². The van der Waals surface area contributed by atoms with Crippen molar-refractivity contribution in [2.45, 2.75) is 39.0 Å². The van der Waals surface area contributed by atoms with Gasteiger partial charge in [0.2, 0.25) is 11.8 Å². The molecule has 158 valence electrons. The van der Waals surface area contributed by atoms with Crippen LogP contribution in [0.4, 0.5) is 14.9 Å². The van der Waals surface area contributed by atoms with Crippen molar-refractivity contribution in [3.05, 3.63) is 65.5 Å². The highest BCUT2D eigenvalue weighted by molar-refractivity contribution is 5.90. The third-order valence-corrected chi connectivity index (χ3v) is 4.73. The molecule has 2 unspecified atom stereocenters. The molecule has 0 aromatic heterocycles. The number of nitrogens with one attached hydrogen (secondary N) is 2. The van der Waals surface area contributed by atoms with Crippen molar-refractivity contribution in [1.29, 1.82) is 0 Å². The lowest BCUT2D eigenvalue weighted by molar-refractivity contribution is -0.126. The van der Waals surface area contributed by atoms with E-state index in [0.717, 1.165) is 6.42 Å². The van der Waals surface area contributed by atoms with Crippen molar-refractivity contribution in [2.75, 3.05) is 11.9 Å². The van der Waals surface area contributed by atoms with Crippen LogP contribution < -0.4 is 10.6 Å². The first-order chi connectivity index (χ1) is 14.4. The van der Waals surface area contributed by atoms with Crippen molar-refractivity contribution in [3.8, 4) is 0 Å². The molecule has 1 aliphatic heterocycles. The minimum atomic E-state index is -0.874. The number of anilines is 1. The summed E-state index contributed by atoms with van der Waals surface area (Å²) >= 11 is 0. The highest BCUT2D eigenvalue weighted by Crippen LogP contribution is 2.34. The van der Waals surface area contributed by atoms with Crippen LogP contribution in [0.1, 0.15) is 37.5 Å². The highest BCUT2D eigenvalue weighted by Gasteiger charge is 2.46. The van der Waals surface area contributed by atoms with E-state index >= 15 is 0 Å². The fourth-order valence-electron chi connectivity index (χ4n) is 3.31. The van der Waals surface area contributed by atoms with Gasteiger partial charge >= 0.3 is 6.09 Å². The van der Waals surface area contributed by atoms with Gasteiger partial charge in [0.05, 0.1) is 6.54 Å². The Labute approximate surface area is 174 Å². The molecule has 0 spiro atoms. The third-order valence-electron chi connectivity index (χ3n) is 4.73. The SMILES string of the molecule is CCCNC(=O)C1C(c2ccc(NC(C)=O)cc2)OC(=O)N1Cc1ccc(F)cc1. The van der Waals surface area contributed by atoms with Gasteiger partial charge in [-0.15, -0.1) is 0 Å². The standard InChI is InChI=1S/C22H24FN3O4/c1-3-12-24-21(28)19-20(16-6-10-18(11-7-16)25-14(2)27)30-22(29)26(19)13-15-4-8-17(23)9-5-15/h4-11,19-20H,3,12-13H2,1-2H3,(H,24,28)(H,25,27). The van der Waals surface area contributed by atoms with Crippen molar-refractivity contribution in [1.82, 2.24) is 10.2 Å². The van der Waals surface area contributed by atoms with E-state index < -0.39 is 18.2 Å². The zero-order chi connectivity index (χ0) is 21.7. The van der Waals surface area contributed by atoms with E-state index in [1.54, 1.807) is 36.4 Å². The summed E-state index contributed by atoms with van der Waals surface area (Å²) < 4.78 is 18.8. The molecule has 0 bridgehead atoms. The predicted molar refractivity (Wildman–Crippen MR) is 109 cm³/mol. The quantitative estimate of drug-likeness (QED) is 0.729. The summed E-state index contributed by atoms with van der Waals surface area (Å²) in [5.74, 6) is -0.893. The Bertz CT molecular complexity index is 915. The Morgan fingerprint density at radius 3 is 2.37 bits per heavy atom. The Morgan fingerprint density at radius 2 is 1.77 bits per heavy atom. The van der Waals surface area contributed by atoms with Gasteiger partial charge in [0.15, 0.2) is 12.1 Å². The second-order valence-corrected chi connectivity index (χ2v) is 7.10. The van der Waals surface area contributed by atoms with Gasteiger partial charge in [0.25, 0.3) is 0 Å². The predicted octanol–water partition coefficient (Wildman–Crippen LogP) is 3.37. The van der Waals surface area contributed by atoms with Crippen LogP contribution >= 0.6 is 0 Å². The molecule has 1 saturated heterocycles. The molecule has 7 nitrogen and oxygen atoms in total. The third kappa shape index (κ3) is 4.94. The van der Waals surface area contributed by atoms with Gasteiger partial charge in [-0.3, -0.25) is 14.5 Å². The van der Waals surface area contributed by atoms with E-state index in [9.17, 15) is 18.8 Å². The van der Waals surface area contributed by atoms with E-state index in [4.69, 9.17) is 4.74 Å². The Balaban J connectivity index is 1.87. The van der Waals surface area contributed by atoms with Crippen molar-refractivity contribution in [2.24, 2.45) is 0 Å². The fourth-order valence-corrected chi connectivity index (χ4v) is 3.31. The summed E-state index contributed by atoms with van der Waals surface area (Å²) in [7, 11) is 0. The van der Waals surface area contributed by atoms with E-state index in [2.05, 4.69) is 10.6 Å². The lowest BCUT2D eigenvalue weighted by atomic mass is 10.00. The maximum Gasteiger partial charge on any atom is 0.411 e. The maximum absolute atomic E-state index is 13.2. The second-order valence-electron chi connectivity index (χ2n) is 7.10. The molecular weight excluding hydrogens is 389 g/mol. The zero-order valence-corrected chi connectivity index (χ0v) is 16.9. The Hall–Kier alpha value is -3.42. The number of nitrogens with zero attached hydrogens (tertiary/aromatic N) is 1. The number of cyclic esters (lactones) is 1. The molecule has 2 N–H and O–H groups in total. The molecule has 3 rings (SSSR count). The van der Waals surface area contributed by atoms with Gasteiger partial charge in [-0.05, 0) is 41.8 Å². The van der Waals surface area contributed by atoms with Crippen LogP contribution in [-0.4, -0.2) is 35.4 Å². The summed E-state index contributed by atoms with van der Waals surface area (Å²) in [4.78, 5) is 38.1. The minimum Gasteiger partial charge on any atom is -0.438 e. The first kappa shape index (κ1) is 21.3. The highest BCUT2D eigenvalue weighted by atomic mass is 19.1. The monoisotopic (exact) mass is 413 g/mol. The van der Waals surface area contributed by atoms with Gasteiger partial charge in [-0.1, -0.05) is 31.2 Å². The van der Waals surface area contributed by atoms with E-state index in [0.29, 0.717) is 23.4 Å². The fraction of sp³-hybridized carbons (Fsp3) is 0.318. The molecule has 0 aliphatic carbocycles. The molecule has 1 aliphatic rings. The largest absolute Gasteiger partial charge is 0.438 e. The number of amides is 3. The van der Waals surface area contributed by atoms with Crippen molar-refractivity contribution in [3.63, 3.8) is 0 Å². The number of rotatable bonds is 7. The molecule has 2 aromatic carbocycles. The lowest BCUT2D eigenvalue weighted by Gasteiger charge is -2.24. The first-order valence-electron chi connectivity index (χ1n) is 9.76. The maximum atomic E-state index is 13.2. The first-order valence-corrected chi connectivity index (χ1v) is 9.76. The van der Waals surface area contributed by atoms with Gasteiger partial charge in [0.1, 0.15) is 5.82 Å². The van der Waals surface area contributed by atoms with Gasteiger partial charge < -0.3 is 15.4 Å². The molecule has 0 saturated carbocycles. The number of halogens is 1. The second kappa shape index (κ2) is 9.39. The van der Waals surface area contributed by atoms with Crippen LogP contribution in [0.15, 0.2) is 48.5 Å². The average Bonchev–Trinajstić information content (AvgIpc) is 3.04. The van der Waals surface area contributed by atoms with Gasteiger partial charge in [-0.2, -0.15) is 0 Å². The number of benzene rings is 2. The van der Waals surface area contributed by atoms with Crippen LogP contribution in [0.2, 0.25) is 0 Å². The van der Waals surface area contributed by atoms with Crippen LogP contribution in [0.25, 0.3) is 0 Å². The summed E-state index contributed by atoms with van der Waals surface area (Å²) in [6.07, 6.45) is -0.672. The Kier molecular flexibility index (Phi) is 6.66. The summed E-state index contributed by atoms with van der Waals surface area (Å²) in [6, 6.07) is 11.7. The topological polar surface area (TPSA) is 87.7 Å².